The molecule has 0 bridgehead atoms. The third-order valence-electron chi connectivity index (χ3n) is 3.52. The summed E-state index contributed by atoms with van der Waals surface area (Å²) in [6.45, 7) is 4.16. The van der Waals surface area contributed by atoms with E-state index < -0.39 is 10.0 Å². The summed E-state index contributed by atoms with van der Waals surface area (Å²) in [5, 5.41) is 0.986. The average molecular weight is 327 g/mol. The van der Waals surface area contributed by atoms with Crippen LogP contribution in [-0.2, 0) is 10.0 Å². The zero-order valence-corrected chi connectivity index (χ0v) is 13.5. The van der Waals surface area contributed by atoms with Crippen LogP contribution in [0.5, 0.6) is 0 Å². The van der Waals surface area contributed by atoms with E-state index in [-0.39, 0.29) is 5.95 Å². The first-order valence-corrected chi connectivity index (χ1v) is 9.25. The predicted molar refractivity (Wildman–Crippen MR) is 85.2 cm³/mol. The van der Waals surface area contributed by atoms with Crippen LogP contribution in [0.3, 0.4) is 0 Å². The molecule has 1 fully saturated rings. The van der Waals surface area contributed by atoms with Crippen molar-refractivity contribution in [2.75, 3.05) is 43.1 Å². The molecule has 7 nitrogen and oxygen atoms in total. The first-order chi connectivity index (χ1) is 9.84. The van der Waals surface area contributed by atoms with E-state index in [1.807, 2.05) is 6.92 Å². The monoisotopic (exact) mass is 327 g/mol. The SMILES string of the molecule is Cc1cc2c(N3CCN(S(C)(=O)=O)CC3)nc(N)nc2s1. The van der Waals surface area contributed by atoms with E-state index in [4.69, 9.17) is 5.73 Å². The van der Waals surface area contributed by atoms with Gasteiger partial charge in [0.1, 0.15) is 10.6 Å². The largest absolute Gasteiger partial charge is 0.368 e. The maximum absolute atomic E-state index is 11.6. The highest BCUT2D eigenvalue weighted by Gasteiger charge is 2.25. The lowest BCUT2D eigenvalue weighted by Gasteiger charge is -2.34. The van der Waals surface area contributed by atoms with Gasteiger partial charge in [-0.1, -0.05) is 0 Å². The maximum atomic E-state index is 11.6. The van der Waals surface area contributed by atoms with Gasteiger partial charge in [-0.05, 0) is 13.0 Å². The van der Waals surface area contributed by atoms with Crippen LogP contribution in [0.25, 0.3) is 10.2 Å². The maximum Gasteiger partial charge on any atom is 0.223 e. The Kier molecular flexibility index (Phi) is 3.50. The molecule has 9 heteroatoms. The van der Waals surface area contributed by atoms with Crippen LogP contribution in [-0.4, -0.2) is 55.1 Å². The molecule has 114 valence electrons. The summed E-state index contributed by atoms with van der Waals surface area (Å²) in [7, 11) is -3.13. The fourth-order valence-electron chi connectivity index (χ4n) is 2.52. The second-order valence-corrected chi connectivity index (χ2v) is 8.35. The molecular weight excluding hydrogens is 310 g/mol. The second-order valence-electron chi connectivity index (χ2n) is 5.13. The van der Waals surface area contributed by atoms with Crippen molar-refractivity contribution >= 4 is 43.3 Å². The number of anilines is 2. The van der Waals surface area contributed by atoms with Gasteiger partial charge in [-0.15, -0.1) is 11.3 Å². The van der Waals surface area contributed by atoms with Crippen molar-refractivity contribution in [3.05, 3.63) is 10.9 Å². The van der Waals surface area contributed by atoms with Crippen molar-refractivity contribution in [3.8, 4) is 0 Å². The third-order valence-corrected chi connectivity index (χ3v) is 5.77. The Morgan fingerprint density at radius 3 is 2.52 bits per heavy atom. The zero-order chi connectivity index (χ0) is 15.2. The van der Waals surface area contributed by atoms with E-state index >= 15 is 0 Å². The summed E-state index contributed by atoms with van der Waals surface area (Å²) in [5.41, 5.74) is 5.79. The minimum atomic E-state index is -3.13. The number of aryl methyl sites for hydroxylation is 1. The van der Waals surface area contributed by atoms with E-state index in [1.165, 1.54) is 10.6 Å². The van der Waals surface area contributed by atoms with Gasteiger partial charge in [0.2, 0.25) is 16.0 Å². The summed E-state index contributed by atoms with van der Waals surface area (Å²) in [6, 6.07) is 2.05. The lowest BCUT2D eigenvalue weighted by Crippen LogP contribution is -2.48. The van der Waals surface area contributed by atoms with E-state index in [0.717, 1.165) is 20.9 Å². The van der Waals surface area contributed by atoms with Crippen LogP contribution < -0.4 is 10.6 Å². The highest BCUT2D eigenvalue weighted by molar-refractivity contribution is 7.88. The van der Waals surface area contributed by atoms with Crippen molar-refractivity contribution in [3.63, 3.8) is 0 Å². The highest BCUT2D eigenvalue weighted by Crippen LogP contribution is 2.31. The number of aromatic nitrogens is 2. The van der Waals surface area contributed by atoms with E-state index in [9.17, 15) is 8.42 Å². The number of hydrogen-bond donors (Lipinski definition) is 1. The smallest absolute Gasteiger partial charge is 0.223 e. The third kappa shape index (κ3) is 2.81. The molecule has 0 saturated carbocycles. The van der Waals surface area contributed by atoms with Gasteiger partial charge in [-0.25, -0.2) is 13.4 Å². The van der Waals surface area contributed by atoms with Crippen LogP contribution in [0.2, 0.25) is 0 Å². The second kappa shape index (κ2) is 5.08. The predicted octanol–water partition coefficient (Wildman–Crippen LogP) is 0.664. The number of rotatable bonds is 2. The Labute approximate surface area is 127 Å². The summed E-state index contributed by atoms with van der Waals surface area (Å²) < 4.78 is 24.6. The van der Waals surface area contributed by atoms with Gasteiger partial charge < -0.3 is 10.6 Å². The van der Waals surface area contributed by atoms with Crippen molar-refractivity contribution in [1.29, 1.82) is 0 Å². The summed E-state index contributed by atoms with van der Waals surface area (Å²) >= 11 is 1.59. The van der Waals surface area contributed by atoms with Crippen molar-refractivity contribution in [2.24, 2.45) is 0 Å². The minimum absolute atomic E-state index is 0.255. The molecule has 0 amide bonds. The van der Waals surface area contributed by atoms with Gasteiger partial charge in [0.15, 0.2) is 0 Å². The summed E-state index contributed by atoms with van der Waals surface area (Å²) in [6.07, 6.45) is 1.24. The molecular formula is C12H17N5O2S2. The van der Waals surface area contributed by atoms with Gasteiger partial charge in [0, 0.05) is 31.1 Å². The zero-order valence-electron chi connectivity index (χ0n) is 11.9. The standard InChI is InChI=1S/C12H17N5O2S2/c1-8-7-9-10(14-12(13)15-11(9)20-8)16-3-5-17(6-4-16)21(2,18)19/h7H,3-6H2,1-2H3,(H2,13,14,15). The number of thiophene rings is 1. The average Bonchev–Trinajstić information content (AvgIpc) is 2.77. The molecule has 21 heavy (non-hydrogen) atoms. The molecule has 2 N–H and O–H groups in total. The lowest BCUT2D eigenvalue weighted by molar-refractivity contribution is 0.387. The normalized spacial score (nSPS) is 17.5. The van der Waals surface area contributed by atoms with Crippen LogP contribution >= 0.6 is 11.3 Å². The van der Waals surface area contributed by atoms with Crippen LogP contribution in [0.4, 0.5) is 11.8 Å². The molecule has 1 saturated heterocycles. The molecule has 0 aliphatic carbocycles. The Hall–Kier alpha value is -1.45. The summed E-state index contributed by atoms with van der Waals surface area (Å²) in [4.78, 5) is 12.7. The Morgan fingerprint density at radius 2 is 1.90 bits per heavy atom. The number of nitrogen functional groups attached to an aromatic ring is 1. The van der Waals surface area contributed by atoms with E-state index in [1.54, 1.807) is 11.3 Å². The van der Waals surface area contributed by atoms with Gasteiger partial charge in [-0.3, -0.25) is 0 Å². The number of nitrogens with zero attached hydrogens (tertiary/aromatic N) is 4. The Morgan fingerprint density at radius 1 is 1.24 bits per heavy atom. The van der Waals surface area contributed by atoms with E-state index in [2.05, 4.69) is 20.9 Å². The molecule has 0 atom stereocenters. The molecule has 0 aromatic carbocycles. The molecule has 3 heterocycles. The van der Waals surface area contributed by atoms with Gasteiger partial charge in [0.05, 0.1) is 11.6 Å². The molecule has 3 rings (SSSR count). The number of piperazine rings is 1. The van der Waals surface area contributed by atoms with Crippen molar-refractivity contribution < 1.29 is 8.42 Å². The summed E-state index contributed by atoms with van der Waals surface area (Å²) in [5.74, 6) is 1.06. The van der Waals surface area contributed by atoms with Crippen molar-refractivity contribution in [2.45, 2.75) is 6.92 Å². The molecule has 0 spiro atoms. The van der Waals surface area contributed by atoms with Crippen LogP contribution in [0.15, 0.2) is 6.07 Å². The minimum Gasteiger partial charge on any atom is -0.368 e. The number of sulfonamides is 1. The molecule has 0 radical (unpaired) electrons. The molecule has 2 aromatic heterocycles. The lowest BCUT2D eigenvalue weighted by atomic mass is 10.3. The number of fused-ring (bicyclic) bond motifs is 1. The Balaban J connectivity index is 1.92. The van der Waals surface area contributed by atoms with Crippen LogP contribution in [0.1, 0.15) is 4.88 Å². The number of nitrogens with two attached hydrogens (primary N) is 1. The highest BCUT2D eigenvalue weighted by atomic mass is 32.2. The Bertz CT molecular complexity index is 778. The topological polar surface area (TPSA) is 92.4 Å². The van der Waals surface area contributed by atoms with Gasteiger partial charge in [-0.2, -0.15) is 9.29 Å². The van der Waals surface area contributed by atoms with Gasteiger partial charge in [0.25, 0.3) is 0 Å². The molecule has 2 aromatic rings. The van der Waals surface area contributed by atoms with Crippen molar-refractivity contribution in [1.82, 2.24) is 14.3 Å². The molecule has 0 unspecified atom stereocenters. The quantitative estimate of drug-likeness (QED) is 0.871. The fraction of sp³-hybridized carbons (Fsp3) is 0.500. The molecule has 1 aliphatic rings. The van der Waals surface area contributed by atoms with Gasteiger partial charge >= 0.3 is 0 Å². The first-order valence-electron chi connectivity index (χ1n) is 6.58. The first kappa shape index (κ1) is 14.5. The number of hydrogen-bond acceptors (Lipinski definition) is 7. The van der Waals surface area contributed by atoms with E-state index in [0.29, 0.717) is 26.2 Å². The van der Waals surface area contributed by atoms with Crippen LogP contribution in [0, 0.1) is 6.92 Å². The molecule has 1 aliphatic heterocycles. The fourth-order valence-corrected chi connectivity index (χ4v) is 4.22.